The molecule has 0 bridgehead atoms. The summed E-state index contributed by atoms with van der Waals surface area (Å²) in [6, 6.07) is 22.9. The van der Waals surface area contributed by atoms with Crippen molar-refractivity contribution in [1.82, 2.24) is 5.32 Å². The highest BCUT2D eigenvalue weighted by atomic mass is 32.1. The number of hydrogen-bond donors (Lipinski definition) is 2. The van der Waals surface area contributed by atoms with Crippen molar-refractivity contribution in [2.24, 2.45) is 5.73 Å². The molecule has 0 radical (unpaired) electrons. The predicted octanol–water partition coefficient (Wildman–Crippen LogP) is 6.33. The molecule has 1 aromatic heterocycles. The molecular weight excluding hydrogens is 440 g/mol. The van der Waals surface area contributed by atoms with Crippen LogP contribution in [0.2, 0.25) is 0 Å². The van der Waals surface area contributed by atoms with E-state index in [0.717, 1.165) is 18.4 Å². The van der Waals surface area contributed by atoms with Crippen LogP contribution in [0.1, 0.15) is 46.1 Å². The molecule has 4 nitrogen and oxygen atoms in total. The van der Waals surface area contributed by atoms with Gasteiger partial charge in [-0.25, -0.2) is 0 Å². The van der Waals surface area contributed by atoms with Gasteiger partial charge in [-0.3, -0.25) is 4.79 Å². The molecular formula is C29H30N2O2S. The van der Waals surface area contributed by atoms with Crippen LogP contribution in [0, 0.1) is 13.8 Å². The van der Waals surface area contributed by atoms with E-state index in [2.05, 4.69) is 60.8 Å². The van der Waals surface area contributed by atoms with Gasteiger partial charge in [0.2, 0.25) is 0 Å². The average Bonchev–Trinajstić information content (AvgIpc) is 3.47. The lowest BCUT2D eigenvalue weighted by molar-refractivity contribution is 0.0930. The molecule has 1 aliphatic rings. The number of carbonyl (C=O) groups excluding carboxylic acids is 1. The van der Waals surface area contributed by atoms with Gasteiger partial charge in [-0.2, -0.15) is 0 Å². The molecule has 174 valence electrons. The maximum atomic E-state index is 13.5. The van der Waals surface area contributed by atoms with E-state index in [9.17, 15) is 4.79 Å². The van der Waals surface area contributed by atoms with Crippen molar-refractivity contribution in [2.75, 3.05) is 6.61 Å². The number of amides is 1. The van der Waals surface area contributed by atoms with Crippen LogP contribution in [0.25, 0.3) is 21.2 Å². The summed E-state index contributed by atoms with van der Waals surface area (Å²) in [6.07, 6.45) is 1.85. The van der Waals surface area contributed by atoms with Gasteiger partial charge in [0.15, 0.2) is 0 Å². The Hall–Kier alpha value is -3.15. The second-order valence-electron chi connectivity index (χ2n) is 9.46. The molecule has 0 spiro atoms. The molecule has 5 rings (SSSR count). The minimum absolute atomic E-state index is 0.0669. The largest absolute Gasteiger partial charge is 0.492 e. The van der Waals surface area contributed by atoms with Gasteiger partial charge in [-0.1, -0.05) is 30.3 Å². The molecule has 1 saturated carbocycles. The molecule has 1 aliphatic carbocycles. The zero-order valence-corrected chi connectivity index (χ0v) is 20.7. The van der Waals surface area contributed by atoms with Gasteiger partial charge in [0, 0.05) is 21.4 Å². The third-order valence-electron chi connectivity index (χ3n) is 6.47. The molecule has 1 amide bonds. The fourth-order valence-corrected chi connectivity index (χ4v) is 5.33. The lowest BCUT2D eigenvalue weighted by Gasteiger charge is -2.22. The number of fused-ring (bicyclic) bond motifs is 1. The summed E-state index contributed by atoms with van der Waals surface area (Å²) < 4.78 is 5.76. The van der Waals surface area contributed by atoms with E-state index in [1.54, 1.807) is 11.3 Å². The van der Waals surface area contributed by atoms with E-state index in [1.165, 1.54) is 31.7 Å². The maximum Gasteiger partial charge on any atom is 0.252 e. The summed E-state index contributed by atoms with van der Waals surface area (Å²) in [5, 5.41) is 5.79. The minimum Gasteiger partial charge on any atom is -0.492 e. The molecule has 1 fully saturated rings. The van der Waals surface area contributed by atoms with Gasteiger partial charge >= 0.3 is 0 Å². The number of ether oxygens (including phenoxy) is 1. The highest BCUT2D eigenvalue weighted by molar-refractivity contribution is 7.15. The van der Waals surface area contributed by atoms with E-state index >= 15 is 0 Å². The topological polar surface area (TPSA) is 64.3 Å². The highest BCUT2D eigenvalue weighted by Crippen LogP contribution is 2.49. The first-order chi connectivity index (χ1) is 16.3. The SMILES string of the molecule is Cc1ccc(-c2cc(C3(NC(=O)c4cc(OCC(C)N)ccc4C)CC3)c3ccccc3c2)s1. The first-order valence-electron chi connectivity index (χ1n) is 11.8. The number of aryl methyl sites for hydroxylation is 2. The molecule has 4 aromatic rings. The number of rotatable bonds is 7. The molecule has 1 heterocycles. The molecule has 34 heavy (non-hydrogen) atoms. The second-order valence-corrected chi connectivity index (χ2v) is 10.7. The van der Waals surface area contributed by atoms with Gasteiger partial charge in [0.05, 0.1) is 5.54 Å². The van der Waals surface area contributed by atoms with Crippen LogP contribution in [0.5, 0.6) is 5.75 Å². The van der Waals surface area contributed by atoms with Crippen molar-refractivity contribution < 1.29 is 9.53 Å². The summed E-state index contributed by atoms with van der Waals surface area (Å²) in [5.74, 6) is 0.598. The average molecular weight is 471 g/mol. The second kappa shape index (κ2) is 8.90. The highest BCUT2D eigenvalue weighted by Gasteiger charge is 2.47. The molecule has 1 atom stereocenters. The first kappa shape index (κ1) is 22.6. The predicted molar refractivity (Wildman–Crippen MR) is 141 cm³/mol. The van der Waals surface area contributed by atoms with Crippen LogP contribution < -0.4 is 15.8 Å². The quantitative estimate of drug-likeness (QED) is 0.332. The van der Waals surface area contributed by atoms with E-state index in [4.69, 9.17) is 10.5 Å². The Balaban J connectivity index is 1.50. The number of carbonyl (C=O) groups is 1. The zero-order valence-electron chi connectivity index (χ0n) is 19.9. The number of nitrogens with one attached hydrogen (secondary N) is 1. The Labute approximate surface area is 204 Å². The van der Waals surface area contributed by atoms with Crippen molar-refractivity contribution in [2.45, 2.75) is 45.2 Å². The lowest BCUT2D eigenvalue weighted by Crippen LogP contribution is -2.35. The maximum absolute atomic E-state index is 13.5. The van der Waals surface area contributed by atoms with E-state index in [0.29, 0.717) is 17.9 Å². The number of benzene rings is 3. The monoisotopic (exact) mass is 470 g/mol. The first-order valence-corrected chi connectivity index (χ1v) is 12.6. The molecule has 5 heteroatoms. The standard InChI is InChI=1S/C29H30N2O2S/c1-18-8-10-23(33-17-19(2)30)16-25(18)28(32)31-29(12-13-29)26-15-22(27-11-9-20(3)34-27)14-21-6-4-5-7-24(21)26/h4-11,14-16,19H,12-13,17,30H2,1-3H3,(H,31,32). The van der Waals surface area contributed by atoms with Crippen molar-refractivity contribution in [3.05, 3.63) is 88.3 Å². The molecule has 1 unspecified atom stereocenters. The van der Waals surface area contributed by atoms with Crippen molar-refractivity contribution >= 4 is 28.0 Å². The van der Waals surface area contributed by atoms with Crippen LogP contribution in [0.4, 0.5) is 0 Å². The molecule has 3 N–H and O–H groups in total. The minimum atomic E-state index is -0.353. The Morgan fingerprint density at radius 2 is 1.88 bits per heavy atom. The Morgan fingerprint density at radius 1 is 1.09 bits per heavy atom. The van der Waals surface area contributed by atoms with E-state index in [1.807, 2.05) is 32.0 Å². The Bertz CT molecular complexity index is 1370. The third-order valence-corrected chi connectivity index (χ3v) is 7.52. The third kappa shape index (κ3) is 4.46. The van der Waals surface area contributed by atoms with Crippen molar-refractivity contribution in [1.29, 1.82) is 0 Å². The Morgan fingerprint density at radius 3 is 2.59 bits per heavy atom. The molecule has 0 aliphatic heterocycles. The van der Waals surface area contributed by atoms with Crippen LogP contribution in [-0.2, 0) is 5.54 Å². The van der Waals surface area contributed by atoms with Crippen LogP contribution >= 0.6 is 11.3 Å². The number of hydrogen-bond acceptors (Lipinski definition) is 4. The number of thiophene rings is 1. The van der Waals surface area contributed by atoms with E-state index in [-0.39, 0.29) is 17.5 Å². The van der Waals surface area contributed by atoms with Crippen molar-refractivity contribution in [3.63, 3.8) is 0 Å². The Kier molecular flexibility index (Phi) is 5.92. The fourth-order valence-electron chi connectivity index (χ4n) is 4.47. The molecule has 3 aromatic carbocycles. The van der Waals surface area contributed by atoms with Gasteiger partial charge in [-0.15, -0.1) is 11.3 Å². The summed E-state index contributed by atoms with van der Waals surface area (Å²) in [5.41, 5.74) is 9.43. The van der Waals surface area contributed by atoms with Gasteiger partial charge in [0.25, 0.3) is 5.91 Å². The number of nitrogens with two attached hydrogens (primary N) is 1. The van der Waals surface area contributed by atoms with Crippen LogP contribution in [0.3, 0.4) is 0 Å². The molecule has 0 saturated heterocycles. The van der Waals surface area contributed by atoms with Crippen molar-refractivity contribution in [3.8, 4) is 16.2 Å². The summed E-state index contributed by atoms with van der Waals surface area (Å²) in [4.78, 5) is 16.0. The fraction of sp³-hybridized carbons (Fsp3) is 0.276. The summed E-state index contributed by atoms with van der Waals surface area (Å²) in [6.45, 7) is 6.40. The summed E-state index contributed by atoms with van der Waals surface area (Å²) >= 11 is 1.80. The normalized spacial score (nSPS) is 15.2. The van der Waals surface area contributed by atoms with Crippen LogP contribution in [0.15, 0.2) is 66.7 Å². The van der Waals surface area contributed by atoms with Gasteiger partial charge < -0.3 is 15.8 Å². The zero-order chi connectivity index (χ0) is 23.9. The lowest BCUT2D eigenvalue weighted by atomic mass is 9.93. The van der Waals surface area contributed by atoms with Crippen LogP contribution in [-0.4, -0.2) is 18.6 Å². The summed E-state index contributed by atoms with van der Waals surface area (Å²) in [7, 11) is 0. The van der Waals surface area contributed by atoms with Gasteiger partial charge in [0.1, 0.15) is 12.4 Å². The van der Waals surface area contributed by atoms with E-state index < -0.39 is 0 Å². The smallest absolute Gasteiger partial charge is 0.252 e. The van der Waals surface area contributed by atoms with Gasteiger partial charge in [-0.05, 0) is 97.5 Å².